The van der Waals surface area contributed by atoms with Gasteiger partial charge in [-0.15, -0.1) is 0 Å². The van der Waals surface area contributed by atoms with Crippen molar-refractivity contribution in [1.82, 2.24) is 25.3 Å². The molecule has 2 heterocycles. The molecule has 0 radical (unpaired) electrons. The molecule has 9 nitrogen and oxygen atoms in total. The number of benzene rings is 1. The van der Waals surface area contributed by atoms with Gasteiger partial charge in [0.2, 0.25) is 11.8 Å². The summed E-state index contributed by atoms with van der Waals surface area (Å²) < 4.78 is 20.4. The first-order valence-electron chi connectivity index (χ1n) is 10.9. The highest BCUT2D eigenvalue weighted by atomic mass is 32.2. The van der Waals surface area contributed by atoms with Crippen LogP contribution in [0.4, 0.5) is 5.95 Å². The molecule has 0 spiro atoms. The van der Waals surface area contributed by atoms with Gasteiger partial charge in [0.1, 0.15) is 11.0 Å². The van der Waals surface area contributed by atoms with Crippen molar-refractivity contribution in [3.05, 3.63) is 60.2 Å². The molecule has 3 aromatic rings. The van der Waals surface area contributed by atoms with Gasteiger partial charge in [-0.3, -0.25) is 14.5 Å². The van der Waals surface area contributed by atoms with Crippen LogP contribution in [0.2, 0.25) is 0 Å². The summed E-state index contributed by atoms with van der Waals surface area (Å²) in [6, 6.07) is 8.61. The summed E-state index contributed by atoms with van der Waals surface area (Å²) in [4.78, 5) is 30.1. The molecule has 2 unspecified atom stereocenters. The van der Waals surface area contributed by atoms with E-state index < -0.39 is 11.0 Å². The Morgan fingerprint density at radius 2 is 1.94 bits per heavy atom. The van der Waals surface area contributed by atoms with Gasteiger partial charge >= 0.3 is 0 Å². The molecule has 1 amide bonds. The average Bonchev–Trinajstić information content (AvgIpc) is 3.69. The molecule has 0 saturated heterocycles. The molecule has 0 bridgehead atoms. The summed E-state index contributed by atoms with van der Waals surface area (Å²) in [5.41, 5.74) is 2.69. The number of nitrogens with one attached hydrogen (secondary N) is 2. The van der Waals surface area contributed by atoms with Gasteiger partial charge in [0.25, 0.3) is 5.91 Å². The predicted octanol–water partition coefficient (Wildman–Crippen LogP) is 3.45. The number of hydrogen-bond acceptors (Lipinski definition) is 7. The second-order valence-electron chi connectivity index (χ2n) is 7.59. The van der Waals surface area contributed by atoms with Crippen LogP contribution in [0.5, 0.6) is 5.88 Å². The van der Waals surface area contributed by atoms with Crippen LogP contribution in [0, 0.1) is 0 Å². The Hall–Kier alpha value is -3.40. The van der Waals surface area contributed by atoms with E-state index in [0.29, 0.717) is 41.8 Å². The molecule has 0 aliphatic heterocycles. The van der Waals surface area contributed by atoms with E-state index in [9.17, 15) is 9.00 Å². The SMILES string of the molecule is CCOc1cncc(-c2ccc(C(=O)NC(CC)c3ccnc(NS(=O)C4CC4)n3)cc2)n1. The van der Waals surface area contributed by atoms with E-state index in [-0.39, 0.29) is 17.2 Å². The van der Waals surface area contributed by atoms with Crippen molar-refractivity contribution in [2.45, 2.75) is 44.4 Å². The second-order valence-corrected chi connectivity index (χ2v) is 9.06. The molecule has 2 N–H and O–H groups in total. The summed E-state index contributed by atoms with van der Waals surface area (Å²) in [6.45, 7) is 4.37. The van der Waals surface area contributed by atoms with Gasteiger partial charge in [0, 0.05) is 17.3 Å². The quantitative estimate of drug-likeness (QED) is 0.470. The molecule has 1 aliphatic carbocycles. The first kappa shape index (κ1) is 22.8. The summed E-state index contributed by atoms with van der Waals surface area (Å²) >= 11 is 0. The topological polar surface area (TPSA) is 119 Å². The number of rotatable bonds is 10. The normalized spacial score (nSPS) is 14.8. The molecule has 2 atom stereocenters. The number of anilines is 1. The van der Waals surface area contributed by atoms with Gasteiger partial charge in [-0.25, -0.2) is 19.2 Å². The number of hydrogen-bond donors (Lipinski definition) is 2. The largest absolute Gasteiger partial charge is 0.477 e. The standard InChI is InChI=1S/C23H26N6O3S/c1-3-18(19-11-12-25-23(28-19)29-33(31)17-9-10-17)27-22(30)16-7-5-15(6-8-16)20-13-24-14-21(26-20)32-4-2/h5-8,11-14,17-18H,3-4,9-10H2,1-2H3,(H,27,30)(H,25,28,29). The first-order valence-corrected chi connectivity index (χ1v) is 12.1. The van der Waals surface area contributed by atoms with Crippen molar-refractivity contribution >= 4 is 22.8 Å². The number of carbonyl (C=O) groups excluding carboxylic acids is 1. The van der Waals surface area contributed by atoms with Crippen LogP contribution in [0.15, 0.2) is 48.9 Å². The minimum atomic E-state index is -1.18. The van der Waals surface area contributed by atoms with Crippen LogP contribution in [0.3, 0.4) is 0 Å². The Kier molecular flexibility index (Phi) is 7.23. The van der Waals surface area contributed by atoms with E-state index >= 15 is 0 Å². The van der Waals surface area contributed by atoms with Crippen LogP contribution in [0.25, 0.3) is 11.3 Å². The maximum absolute atomic E-state index is 12.9. The third kappa shape index (κ3) is 5.89. The minimum Gasteiger partial charge on any atom is -0.477 e. The van der Waals surface area contributed by atoms with Gasteiger partial charge < -0.3 is 10.1 Å². The van der Waals surface area contributed by atoms with E-state index in [4.69, 9.17) is 4.74 Å². The van der Waals surface area contributed by atoms with Crippen molar-refractivity contribution < 1.29 is 13.7 Å². The lowest BCUT2D eigenvalue weighted by molar-refractivity contribution is 0.0934. The summed E-state index contributed by atoms with van der Waals surface area (Å²) in [5, 5.41) is 3.19. The molecule has 2 aromatic heterocycles. The van der Waals surface area contributed by atoms with Crippen molar-refractivity contribution in [2.24, 2.45) is 0 Å². The van der Waals surface area contributed by atoms with Crippen LogP contribution >= 0.6 is 0 Å². The number of nitrogens with zero attached hydrogens (tertiary/aromatic N) is 4. The molecule has 1 saturated carbocycles. The van der Waals surface area contributed by atoms with Crippen molar-refractivity contribution in [3.63, 3.8) is 0 Å². The Morgan fingerprint density at radius 3 is 2.64 bits per heavy atom. The maximum Gasteiger partial charge on any atom is 0.251 e. The summed E-state index contributed by atoms with van der Waals surface area (Å²) in [7, 11) is -1.18. The summed E-state index contributed by atoms with van der Waals surface area (Å²) in [6.07, 6.45) is 7.38. The molecule has 4 rings (SSSR count). The van der Waals surface area contributed by atoms with E-state index in [0.717, 1.165) is 18.4 Å². The molecular weight excluding hydrogens is 440 g/mol. The lowest BCUT2D eigenvalue weighted by Gasteiger charge is -2.17. The fourth-order valence-electron chi connectivity index (χ4n) is 3.20. The Morgan fingerprint density at radius 1 is 1.15 bits per heavy atom. The molecule has 1 aliphatic rings. The highest BCUT2D eigenvalue weighted by molar-refractivity contribution is 7.87. The Bertz CT molecular complexity index is 1140. The highest BCUT2D eigenvalue weighted by Gasteiger charge is 2.29. The van der Waals surface area contributed by atoms with Gasteiger partial charge in [0.15, 0.2) is 0 Å². The number of carbonyl (C=O) groups is 1. The van der Waals surface area contributed by atoms with Crippen molar-refractivity contribution in [1.29, 1.82) is 0 Å². The zero-order valence-corrected chi connectivity index (χ0v) is 19.3. The van der Waals surface area contributed by atoms with E-state index in [2.05, 4.69) is 30.0 Å². The first-order chi connectivity index (χ1) is 16.1. The van der Waals surface area contributed by atoms with Gasteiger partial charge in [-0.1, -0.05) is 19.1 Å². The van der Waals surface area contributed by atoms with Crippen LogP contribution in [-0.2, 0) is 11.0 Å². The molecule has 172 valence electrons. The predicted molar refractivity (Wildman–Crippen MR) is 126 cm³/mol. The molecule has 1 fully saturated rings. The lowest BCUT2D eigenvalue weighted by Crippen LogP contribution is -2.29. The second kappa shape index (κ2) is 10.5. The maximum atomic E-state index is 12.9. The third-order valence-corrected chi connectivity index (χ3v) is 6.57. The number of ether oxygens (including phenoxy) is 1. The fourth-order valence-corrected chi connectivity index (χ4v) is 4.20. The van der Waals surface area contributed by atoms with Crippen LogP contribution in [0.1, 0.15) is 55.2 Å². The van der Waals surface area contributed by atoms with Gasteiger partial charge in [-0.05, 0) is 44.4 Å². The van der Waals surface area contributed by atoms with Crippen LogP contribution in [-0.4, -0.2) is 41.9 Å². The Balaban J connectivity index is 1.43. The van der Waals surface area contributed by atoms with Crippen LogP contribution < -0.4 is 14.8 Å². The molecule has 10 heteroatoms. The molecule has 1 aromatic carbocycles. The zero-order chi connectivity index (χ0) is 23.2. The number of aromatic nitrogens is 4. The smallest absolute Gasteiger partial charge is 0.251 e. The fraction of sp³-hybridized carbons (Fsp3) is 0.348. The summed E-state index contributed by atoms with van der Waals surface area (Å²) in [5.74, 6) is 0.560. The van der Waals surface area contributed by atoms with Crippen molar-refractivity contribution in [2.75, 3.05) is 11.3 Å². The van der Waals surface area contributed by atoms with E-state index in [1.165, 1.54) is 0 Å². The van der Waals surface area contributed by atoms with E-state index in [1.54, 1.807) is 36.8 Å². The molecular formula is C23H26N6O3S. The van der Waals surface area contributed by atoms with Crippen molar-refractivity contribution in [3.8, 4) is 17.1 Å². The Labute approximate surface area is 195 Å². The zero-order valence-electron chi connectivity index (χ0n) is 18.5. The third-order valence-electron chi connectivity index (χ3n) is 5.11. The minimum absolute atomic E-state index is 0.175. The van der Waals surface area contributed by atoms with Gasteiger partial charge in [0.05, 0.1) is 41.7 Å². The monoisotopic (exact) mass is 466 g/mol. The highest BCUT2D eigenvalue weighted by Crippen LogP contribution is 2.26. The lowest BCUT2D eigenvalue weighted by atomic mass is 10.1. The van der Waals surface area contributed by atoms with Gasteiger partial charge in [-0.2, -0.15) is 0 Å². The molecule has 33 heavy (non-hydrogen) atoms. The average molecular weight is 467 g/mol. The van der Waals surface area contributed by atoms with E-state index in [1.807, 2.05) is 26.0 Å². The number of amides is 1.